The second-order valence-electron chi connectivity index (χ2n) is 7.47. The number of hydrogen-bond donors (Lipinski definition) is 1. The molecule has 0 aromatic heterocycles. The second kappa shape index (κ2) is 18.1. The molecule has 0 aliphatic carbocycles. The first-order valence-electron chi connectivity index (χ1n) is 11.2. The molecule has 4 nitrogen and oxygen atoms in total. The maximum atomic E-state index is 12.4. The van der Waals surface area contributed by atoms with Gasteiger partial charge in [-0.25, -0.2) is 0 Å². The van der Waals surface area contributed by atoms with Crippen molar-refractivity contribution < 1.29 is 14.7 Å². The Morgan fingerprint density at radius 1 is 0.815 bits per heavy atom. The molecule has 1 atom stereocenters. The molecular weight excluding hydrogens is 338 g/mol. The highest BCUT2D eigenvalue weighted by atomic mass is 16.4. The van der Waals surface area contributed by atoms with Crippen molar-refractivity contribution in [1.82, 2.24) is 4.90 Å². The Labute approximate surface area is 167 Å². The zero-order valence-corrected chi connectivity index (χ0v) is 18.0. The normalized spacial score (nSPS) is 12.4. The lowest BCUT2D eigenvalue weighted by Gasteiger charge is -2.22. The predicted octanol–water partition coefficient (Wildman–Crippen LogP) is 6.20. The molecule has 1 N–H and O–H groups in total. The fourth-order valence-corrected chi connectivity index (χ4v) is 3.38. The SMILES string of the molecule is CCCCCCCCCCCCC/C=C/C(CC(=O)O)C(=O)N(CC)CC. The molecule has 1 amide bonds. The number of carboxylic acid groups (broad SMARTS) is 1. The second-order valence-corrected chi connectivity index (χ2v) is 7.47. The van der Waals surface area contributed by atoms with Gasteiger partial charge in [0.15, 0.2) is 0 Å². The molecule has 0 saturated heterocycles. The van der Waals surface area contributed by atoms with Gasteiger partial charge in [0.2, 0.25) is 5.91 Å². The third-order valence-electron chi connectivity index (χ3n) is 5.13. The van der Waals surface area contributed by atoms with Crippen molar-refractivity contribution in [3.8, 4) is 0 Å². The first-order valence-corrected chi connectivity index (χ1v) is 11.2. The summed E-state index contributed by atoms with van der Waals surface area (Å²) in [4.78, 5) is 25.2. The highest BCUT2D eigenvalue weighted by Crippen LogP contribution is 2.14. The van der Waals surface area contributed by atoms with Gasteiger partial charge in [-0.2, -0.15) is 0 Å². The van der Waals surface area contributed by atoms with Crippen LogP contribution >= 0.6 is 0 Å². The van der Waals surface area contributed by atoms with Gasteiger partial charge in [-0.3, -0.25) is 9.59 Å². The van der Waals surface area contributed by atoms with E-state index in [2.05, 4.69) is 6.92 Å². The molecule has 0 aliphatic heterocycles. The quantitative estimate of drug-likeness (QED) is 0.227. The molecule has 0 heterocycles. The van der Waals surface area contributed by atoms with Gasteiger partial charge < -0.3 is 10.0 Å². The minimum atomic E-state index is -0.917. The number of amides is 1. The molecule has 0 spiro atoms. The summed E-state index contributed by atoms with van der Waals surface area (Å²) in [6, 6.07) is 0. The fourth-order valence-electron chi connectivity index (χ4n) is 3.38. The summed E-state index contributed by atoms with van der Waals surface area (Å²) in [5, 5.41) is 9.06. The number of hydrogen-bond acceptors (Lipinski definition) is 2. The van der Waals surface area contributed by atoms with Gasteiger partial charge in [0.05, 0.1) is 12.3 Å². The summed E-state index contributed by atoms with van der Waals surface area (Å²) < 4.78 is 0. The third kappa shape index (κ3) is 14.4. The van der Waals surface area contributed by atoms with E-state index in [1.54, 1.807) is 4.90 Å². The van der Waals surface area contributed by atoms with E-state index in [-0.39, 0.29) is 12.3 Å². The monoisotopic (exact) mass is 381 g/mol. The number of aliphatic carboxylic acids is 1. The van der Waals surface area contributed by atoms with Crippen molar-refractivity contribution in [3.05, 3.63) is 12.2 Å². The number of nitrogens with zero attached hydrogens (tertiary/aromatic N) is 1. The predicted molar refractivity (Wildman–Crippen MR) is 114 cm³/mol. The largest absolute Gasteiger partial charge is 0.481 e. The van der Waals surface area contributed by atoms with Crippen molar-refractivity contribution in [2.75, 3.05) is 13.1 Å². The van der Waals surface area contributed by atoms with Gasteiger partial charge in [0.25, 0.3) is 0 Å². The molecule has 0 saturated carbocycles. The number of carbonyl (C=O) groups is 2. The van der Waals surface area contributed by atoms with Crippen LogP contribution in [0.15, 0.2) is 12.2 Å². The third-order valence-corrected chi connectivity index (χ3v) is 5.13. The summed E-state index contributed by atoms with van der Waals surface area (Å²) in [6.45, 7) is 7.35. The highest BCUT2D eigenvalue weighted by Gasteiger charge is 2.22. The number of carboxylic acids is 1. The Hall–Kier alpha value is -1.32. The van der Waals surface area contributed by atoms with E-state index in [9.17, 15) is 9.59 Å². The van der Waals surface area contributed by atoms with Gasteiger partial charge in [-0.15, -0.1) is 0 Å². The average molecular weight is 382 g/mol. The van der Waals surface area contributed by atoms with Crippen LogP contribution in [-0.4, -0.2) is 35.0 Å². The molecule has 0 rings (SSSR count). The molecule has 0 aromatic rings. The molecule has 0 aliphatic rings. The number of rotatable bonds is 18. The maximum absolute atomic E-state index is 12.4. The maximum Gasteiger partial charge on any atom is 0.304 e. The molecule has 4 heteroatoms. The number of unbranched alkanes of at least 4 members (excludes halogenated alkanes) is 11. The van der Waals surface area contributed by atoms with Gasteiger partial charge in [0.1, 0.15) is 0 Å². The summed E-state index contributed by atoms with van der Waals surface area (Å²) in [5.74, 6) is -1.52. The van der Waals surface area contributed by atoms with E-state index < -0.39 is 11.9 Å². The Kier molecular flexibility index (Phi) is 17.2. The minimum absolute atomic E-state index is 0.0717. The Morgan fingerprint density at radius 3 is 1.74 bits per heavy atom. The van der Waals surface area contributed by atoms with E-state index in [0.29, 0.717) is 13.1 Å². The van der Waals surface area contributed by atoms with Gasteiger partial charge in [-0.1, -0.05) is 83.3 Å². The first kappa shape index (κ1) is 25.7. The lowest BCUT2D eigenvalue weighted by Crippen LogP contribution is -2.36. The molecule has 0 aromatic carbocycles. The van der Waals surface area contributed by atoms with Crippen molar-refractivity contribution >= 4 is 11.9 Å². The highest BCUT2D eigenvalue weighted by molar-refractivity contribution is 5.84. The van der Waals surface area contributed by atoms with Crippen LogP contribution in [0.2, 0.25) is 0 Å². The molecule has 1 unspecified atom stereocenters. The Morgan fingerprint density at radius 2 is 1.30 bits per heavy atom. The smallest absolute Gasteiger partial charge is 0.304 e. The van der Waals surface area contributed by atoms with E-state index in [0.717, 1.165) is 12.8 Å². The standard InChI is InChI=1S/C23H43NO3/c1-4-7-8-9-10-11-12-13-14-15-16-17-18-19-21(20-22(25)26)23(27)24(5-2)6-3/h18-19,21H,4-17,20H2,1-3H3,(H,25,26)/b19-18+. The summed E-state index contributed by atoms with van der Waals surface area (Å²) in [5.41, 5.74) is 0. The zero-order chi connectivity index (χ0) is 20.3. The Bertz CT molecular complexity index is 402. The Balaban J connectivity index is 3.89. The summed E-state index contributed by atoms with van der Waals surface area (Å²) in [6.07, 6.45) is 19.1. The van der Waals surface area contributed by atoms with Crippen LogP contribution in [0.5, 0.6) is 0 Å². The van der Waals surface area contributed by atoms with Gasteiger partial charge in [-0.05, 0) is 26.7 Å². The topological polar surface area (TPSA) is 57.6 Å². The van der Waals surface area contributed by atoms with Crippen LogP contribution in [0, 0.1) is 5.92 Å². The molecule has 0 fully saturated rings. The van der Waals surface area contributed by atoms with Crippen LogP contribution in [0.25, 0.3) is 0 Å². The lowest BCUT2D eigenvalue weighted by atomic mass is 10.0. The van der Waals surface area contributed by atoms with Crippen molar-refractivity contribution in [1.29, 1.82) is 0 Å². The van der Waals surface area contributed by atoms with Crippen molar-refractivity contribution in [3.63, 3.8) is 0 Å². The number of carbonyl (C=O) groups excluding carboxylic acids is 1. The summed E-state index contributed by atoms with van der Waals surface area (Å²) in [7, 11) is 0. The van der Waals surface area contributed by atoms with E-state index in [4.69, 9.17) is 5.11 Å². The van der Waals surface area contributed by atoms with E-state index in [1.165, 1.54) is 64.2 Å². The first-order chi connectivity index (χ1) is 13.1. The molecular formula is C23H43NO3. The van der Waals surface area contributed by atoms with Crippen LogP contribution in [0.3, 0.4) is 0 Å². The summed E-state index contributed by atoms with van der Waals surface area (Å²) >= 11 is 0. The van der Waals surface area contributed by atoms with Gasteiger partial charge in [0, 0.05) is 13.1 Å². The molecule has 27 heavy (non-hydrogen) atoms. The van der Waals surface area contributed by atoms with E-state index >= 15 is 0 Å². The fraction of sp³-hybridized carbons (Fsp3) is 0.826. The van der Waals surface area contributed by atoms with Gasteiger partial charge >= 0.3 is 5.97 Å². The van der Waals surface area contributed by atoms with Crippen molar-refractivity contribution in [2.24, 2.45) is 5.92 Å². The zero-order valence-electron chi connectivity index (χ0n) is 18.0. The lowest BCUT2D eigenvalue weighted by molar-refractivity contribution is -0.143. The average Bonchev–Trinajstić information content (AvgIpc) is 2.65. The van der Waals surface area contributed by atoms with Crippen molar-refractivity contribution in [2.45, 2.75) is 104 Å². The molecule has 0 radical (unpaired) electrons. The molecule has 158 valence electrons. The van der Waals surface area contributed by atoms with Crippen LogP contribution in [0.1, 0.15) is 104 Å². The minimum Gasteiger partial charge on any atom is -0.481 e. The van der Waals surface area contributed by atoms with E-state index in [1.807, 2.05) is 26.0 Å². The van der Waals surface area contributed by atoms with Crippen LogP contribution < -0.4 is 0 Å². The number of allylic oxidation sites excluding steroid dienone is 1. The molecule has 0 bridgehead atoms. The van der Waals surface area contributed by atoms with Crippen LogP contribution in [-0.2, 0) is 9.59 Å². The van der Waals surface area contributed by atoms with Crippen LogP contribution in [0.4, 0.5) is 0 Å².